The summed E-state index contributed by atoms with van der Waals surface area (Å²) in [4.78, 5) is 9.09. The third kappa shape index (κ3) is 3.97. The molecule has 0 spiro atoms. The van der Waals surface area contributed by atoms with Crippen LogP contribution in [-0.4, -0.2) is 26.2 Å². The second-order valence-electron chi connectivity index (χ2n) is 7.38. The molecule has 8 heteroatoms. The van der Waals surface area contributed by atoms with Crippen LogP contribution in [-0.2, 0) is 0 Å². The van der Waals surface area contributed by atoms with Gasteiger partial charge in [-0.2, -0.15) is 5.26 Å². The average Bonchev–Trinajstić information content (AvgIpc) is 3.17. The number of phenolic OH excluding ortho intramolecular Hbond substituents is 1. The molecule has 2 aromatic heterocycles. The monoisotopic (exact) mass is 433 g/mol. The predicted octanol–water partition coefficient (Wildman–Crippen LogP) is 5.55. The van der Waals surface area contributed by atoms with Gasteiger partial charge in [-0.05, 0) is 42.8 Å². The normalized spacial score (nSPS) is 10.9. The van der Waals surface area contributed by atoms with Gasteiger partial charge < -0.3 is 10.4 Å². The van der Waals surface area contributed by atoms with Gasteiger partial charge in [0.05, 0.1) is 16.9 Å². The van der Waals surface area contributed by atoms with Crippen molar-refractivity contribution < 1.29 is 13.9 Å². The highest BCUT2D eigenvalue weighted by Crippen LogP contribution is 2.33. The van der Waals surface area contributed by atoms with E-state index in [1.165, 1.54) is 28.8 Å². The van der Waals surface area contributed by atoms with E-state index in [-0.39, 0.29) is 22.8 Å². The first-order chi connectivity index (χ1) is 15.5. The van der Waals surface area contributed by atoms with E-state index in [2.05, 4.69) is 22.2 Å². The van der Waals surface area contributed by atoms with Crippen molar-refractivity contribution in [3.8, 4) is 28.9 Å². The van der Waals surface area contributed by atoms with Crippen molar-refractivity contribution in [1.82, 2.24) is 14.5 Å². The lowest BCUT2D eigenvalue weighted by molar-refractivity contribution is 0.468. The number of imidazole rings is 1. The minimum atomic E-state index is -0.694. The molecule has 32 heavy (non-hydrogen) atoms. The number of halogens is 2. The molecule has 0 aliphatic rings. The van der Waals surface area contributed by atoms with E-state index >= 15 is 0 Å². The van der Waals surface area contributed by atoms with Crippen molar-refractivity contribution in [2.45, 2.75) is 26.2 Å². The Hall–Kier alpha value is -3.99. The zero-order valence-corrected chi connectivity index (χ0v) is 17.4. The lowest BCUT2D eigenvalue weighted by Crippen LogP contribution is -2.03. The summed E-state index contributed by atoms with van der Waals surface area (Å²) in [5.41, 5.74) is 2.01. The number of nitriles is 1. The van der Waals surface area contributed by atoms with Gasteiger partial charge in [0, 0.05) is 24.4 Å². The first kappa shape index (κ1) is 21.2. The summed E-state index contributed by atoms with van der Waals surface area (Å²) in [5, 5.41) is 22.0. The second kappa shape index (κ2) is 9.02. The van der Waals surface area contributed by atoms with Crippen molar-refractivity contribution in [3.05, 3.63) is 65.9 Å². The molecule has 2 N–H and O–H groups in total. The molecular formula is C24H21F2N5O. The van der Waals surface area contributed by atoms with E-state index in [0.717, 1.165) is 37.6 Å². The molecule has 0 atom stereocenters. The molecule has 6 nitrogen and oxygen atoms in total. The number of nitrogens with one attached hydrogen (secondary N) is 1. The van der Waals surface area contributed by atoms with Gasteiger partial charge in [0.15, 0.2) is 11.5 Å². The molecule has 0 amide bonds. The lowest BCUT2D eigenvalue weighted by atomic mass is 10.1. The zero-order valence-electron chi connectivity index (χ0n) is 17.4. The number of unbranched alkanes of at least 4 members (excludes halogenated alkanes) is 2. The Morgan fingerprint density at radius 3 is 2.66 bits per heavy atom. The maximum Gasteiger partial charge on any atom is 0.167 e. The summed E-state index contributed by atoms with van der Waals surface area (Å²) in [6.45, 7) is 2.87. The molecule has 4 rings (SSSR count). The van der Waals surface area contributed by atoms with Crippen LogP contribution in [0.25, 0.3) is 28.2 Å². The van der Waals surface area contributed by atoms with Crippen LogP contribution in [0.2, 0.25) is 0 Å². The molecule has 0 aliphatic heterocycles. The van der Waals surface area contributed by atoms with Gasteiger partial charge in [-0.25, -0.2) is 18.7 Å². The Labute approximate surface area is 183 Å². The summed E-state index contributed by atoms with van der Waals surface area (Å²) in [5.74, 6) is -1.32. The molecule has 0 saturated carbocycles. The molecule has 162 valence electrons. The molecule has 0 radical (unpaired) electrons. The lowest BCUT2D eigenvalue weighted by Gasteiger charge is -2.11. The van der Waals surface area contributed by atoms with E-state index in [1.807, 2.05) is 0 Å². The third-order valence-electron chi connectivity index (χ3n) is 5.16. The highest BCUT2D eigenvalue weighted by Gasteiger charge is 2.21. The van der Waals surface area contributed by atoms with Crippen LogP contribution in [0, 0.1) is 23.0 Å². The number of benzene rings is 2. The number of nitrogens with zero attached hydrogens (tertiary/aromatic N) is 4. The van der Waals surface area contributed by atoms with Crippen molar-refractivity contribution in [2.24, 2.45) is 0 Å². The summed E-state index contributed by atoms with van der Waals surface area (Å²) in [6, 6.07) is 11.5. The summed E-state index contributed by atoms with van der Waals surface area (Å²) in [6.07, 6.45) is 4.77. The van der Waals surface area contributed by atoms with E-state index in [9.17, 15) is 13.9 Å². The largest absolute Gasteiger partial charge is 0.508 e. The molecule has 4 aromatic rings. The van der Waals surface area contributed by atoms with Crippen LogP contribution in [0.4, 0.5) is 14.5 Å². The van der Waals surface area contributed by atoms with Gasteiger partial charge in [-0.3, -0.25) is 4.57 Å². The number of aromatic hydroxyl groups is 1. The quantitative estimate of drug-likeness (QED) is 0.374. The number of rotatable bonds is 7. The molecule has 0 unspecified atom stereocenters. The third-order valence-corrected chi connectivity index (χ3v) is 5.16. The highest BCUT2D eigenvalue weighted by atomic mass is 19.1. The van der Waals surface area contributed by atoms with Crippen LogP contribution < -0.4 is 5.32 Å². The summed E-state index contributed by atoms with van der Waals surface area (Å²) >= 11 is 0. The standard InChI is InChI=1S/C24H21F2N5O/c1-2-3-4-10-28-20-9-11-29-24-22(20)30-23(15-5-6-16(14-27)18(25)12-15)31(24)21-8-7-17(32)13-19(21)26/h5-9,11-13,32H,2-4,10H2,1H3,(H,28,29). The van der Waals surface area contributed by atoms with Crippen molar-refractivity contribution in [1.29, 1.82) is 5.26 Å². The summed E-state index contributed by atoms with van der Waals surface area (Å²) in [7, 11) is 0. The van der Waals surface area contributed by atoms with Gasteiger partial charge in [0.2, 0.25) is 0 Å². The van der Waals surface area contributed by atoms with Gasteiger partial charge >= 0.3 is 0 Å². The molecule has 0 saturated heterocycles. The SMILES string of the molecule is CCCCCNc1ccnc2c1nc(-c1ccc(C#N)c(F)c1)n2-c1ccc(O)cc1F. The van der Waals surface area contributed by atoms with Crippen LogP contribution >= 0.6 is 0 Å². The maximum atomic E-state index is 14.9. The fourth-order valence-electron chi connectivity index (χ4n) is 3.56. The number of phenols is 1. The van der Waals surface area contributed by atoms with Crippen molar-refractivity contribution in [3.63, 3.8) is 0 Å². The van der Waals surface area contributed by atoms with Gasteiger partial charge in [0.1, 0.15) is 29.0 Å². The zero-order chi connectivity index (χ0) is 22.7. The van der Waals surface area contributed by atoms with Crippen molar-refractivity contribution >= 4 is 16.9 Å². The minimum Gasteiger partial charge on any atom is -0.508 e. The van der Waals surface area contributed by atoms with Gasteiger partial charge in [-0.1, -0.05) is 19.8 Å². The first-order valence-corrected chi connectivity index (χ1v) is 10.3. The average molecular weight is 433 g/mol. The Morgan fingerprint density at radius 1 is 1.09 bits per heavy atom. The molecular weight excluding hydrogens is 412 g/mol. The van der Waals surface area contributed by atoms with Crippen LogP contribution in [0.5, 0.6) is 5.75 Å². The number of hydrogen-bond acceptors (Lipinski definition) is 5. The highest BCUT2D eigenvalue weighted by molar-refractivity contribution is 5.90. The van der Waals surface area contributed by atoms with Crippen molar-refractivity contribution in [2.75, 3.05) is 11.9 Å². The fraction of sp³-hybridized carbons (Fsp3) is 0.208. The second-order valence-corrected chi connectivity index (χ2v) is 7.38. The number of fused-ring (bicyclic) bond motifs is 1. The summed E-state index contributed by atoms with van der Waals surface area (Å²) < 4.78 is 30.7. The Balaban J connectivity index is 1.93. The maximum absolute atomic E-state index is 14.9. The Kier molecular flexibility index (Phi) is 5.99. The molecule has 0 fully saturated rings. The topological polar surface area (TPSA) is 86.8 Å². The van der Waals surface area contributed by atoms with E-state index in [1.54, 1.807) is 24.4 Å². The fourth-order valence-corrected chi connectivity index (χ4v) is 3.56. The number of pyridine rings is 1. The Bertz CT molecular complexity index is 1330. The molecule has 2 heterocycles. The minimum absolute atomic E-state index is 0.0939. The van der Waals surface area contributed by atoms with Gasteiger partial charge in [-0.15, -0.1) is 0 Å². The van der Waals surface area contributed by atoms with E-state index < -0.39 is 11.6 Å². The smallest absolute Gasteiger partial charge is 0.167 e. The predicted molar refractivity (Wildman–Crippen MR) is 119 cm³/mol. The van der Waals surface area contributed by atoms with E-state index in [4.69, 9.17) is 5.26 Å². The number of aromatic nitrogens is 3. The van der Waals surface area contributed by atoms with Gasteiger partial charge in [0.25, 0.3) is 0 Å². The number of hydrogen-bond donors (Lipinski definition) is 2. The number of anilines is 1. The molecule has 0 bridgehead atoms. The van der Waals surface area contributed by atoms with Crippen LogP contribution in [0.1, 0.15) is 31.7 Å². The van der Waals surface area contributed by atoms with Crippen LogP contribution in [0.15, 0.2) is 48.7 Å². The molecule has 0 aliphatic carbocycles. The molecule has 2 aromatic carbocycles. The van der Waals surface area contributed by atoms with Crippen LogP contribution in [0.3, 0.4) is 0 Å². The first-order valence-electron chi connectivity index (χ1n) is 10.3. The Morgan fingerprint density at radius 2 is 1.94 bits per heavy atom. The van der Waals surface area contributed by atoms with E-state index in [0.29, 0.717) is 16.7 Å².